The lowest BCUT2D eigenvalue weighted by Gasteiger charge is -2.53. The smallest absolute Gasteiger partial charge is 0.253 e. The molecule has 23 heavy (non-hydrogen) atoms. The van der Waals surface area contributed by atoms with Crippen molar-refractivity contribution in [3.63, 3.8) is 0 Å². The number of nitrogens with zero attached hydrogens (tertiary/aromatic N) is 1. The summed E-state index contributed by atoms with van der Waals surface area (Å²) >= 11 is 0. The molecule has 1 amide bonds. The predicted octanol–water partition coefficient (Wildman–Crippen LogP) is 2.74. The SMILES string of the molecule is COc1ccc(C(=O)N2CCC3(CCC3OC)CC2)cc1OC. The average molecular weight is 319 g/mol. The fourth-order valence-electron chi connectivity index (χ4n) is 3.92. The zero-order valence-corrected chi connectivity index (χ0v) is 14.1. The molecule has 1 heterocycles. The standard InChI is InChI=1S/C18H25NO4/c1-21-14-5-4-13(12-15(14)22-2)17(20)19-10-8-18(9-11-19)7-6-16(18)23-3/h4-5,12,16H,6-11H2,1-3H3. The lowest BCUT2D eigenvalue weighted by atomic mass is 9.60. The largest absolute Gasteiger partial charge is 0.493 e. The van der Waals surface area contributed by atoms with E-state index in [9.17, 15) is 4.79 Å². The number of hydrogen-bond donors (Lipinski definition) is 0. The molecule has 1 saturated heterocycles. The van der Waals surface area contributed by atoms with Gasteiger partial charge in [-0.15, -0.1) is 0 Å². The maximum Gasteiger partial charge on any atom is 0.253 e. The van der Waals surface area contributed by atoms with Crippen LogP contribution in [0.25, 0.3) is 0 Å². The van der Waals surface area contributed by atoms with Gasteiger partial charge in [-0.25, -0.2) is 0 Å². The van der Waals surface area contributed by atoms with Gasteiger partial charge in [-0.3, -0.25) is 4.79 Å². The fourth-order valence-corrected chi connectivity index (χ4v) is 3.92. The number of carbonyl (C=O) groups is 1. The summed E-state index contributed by atoms with van der Waals surface area (Å²) in [5, 5.41) is 0. The van der Waals surface area contributed by atoms with Crippen molar-refractivity contribution in [2.75, 3.05) is 34.4 Å². The van der Waals surface area contributed by atoms with Gasteiger partial charge >= 0.3 is 0 Å². The van der Waals surface area contributed by atoms with Gasteiger partial charge in [0.05, 0.1) is 20.3 Å². The van der Waals surface area contributed by atoms with Crippen molar-refractivity contribution in [3.05, 3.63) is 23.8 Å². The van der Waals surface area contributed by atoms with Crippen LogP contribution in [0.4, 0.5) is 0 Å². The summed E-state index contributed by atoms with van der Waals surface area (Å²) in [5.74, 6) is 1.29. The van der Waals surface area contributed by atoms with Crippen LogP contribution in [0.15, 0.2) is 18.2 Å². The summed E-state index contributed by atoms with van der Waals surface area (Å²) in [6.07, 6.45) is 4.82. The maximum absolute atomic E-state index is 12.7. The van der Waals surface area contributed by atoms with Crippen molar-refractivity contribution in [1.29, 1.82) is 0 Å². The first-order chi connectivity index (χ1) is 11.1. The molecule has 1 atom stereocenters. The molecule has 0 aromatic heterocycles. The van der Waals surface area contributed by atoms with E-state index in [2.05, 4.69) is 0 Å². The molecular formula is C18H25NO4. The van der Waals surface area contributed by atoms with Gasteiger partial charge in [-0.05, 0) is 43.9 Å². The third kappa shape index (κ3) is 2.78. The van der Waals surface area contributed by atoms with Crippen LogP contribution in [-0.2, 0) is 4.74 Å². The zero-order chi connectivity index (χ0) is 16.4. The predicted molar refractivity (Wildman–Crippen MR) is 87.1 cm³/mol. The number of rotatable bonds is 4. The molecule has 1 spiro atoms. The summed E-state index contributed by atoms with van der Waals surface area (Å²) in [4.78, 5) is 14.7. The van der Waals surface area contributed by atoms with Crippen LogP contribution in [0.2, 0.25) is 0 Å². The fraction of sp³-hybridized carbons (Fsp3) is 0.611. The number of carbonyl (C=O) groups excluding carboxylic acids is 1. The number of benzene rings is 1. The number of piperidine rings is 1. The summed E-state index contributed by atoms with van der Waals surface area (Å²) in [6, 6.07) is 5.34. The summed E-state index contributed by atoms with van der Waals surface area (Å²) < 4.78 is 16.1. The van der Waals surface area contributed by atoms with E-state index in [4.69, 9.17) is 14.2 Å². The maximum atomic E-state index is 12.7. The molecule has 1 unspecified atom stereocenters. The van der Waals surface area contributed by atoms with Gasteiger partial charge in [0.25, 0.3) is 5.91 Å². The molecule has 2 fully saturated rings. The Morgan fingerprint density at radius 2 is 1.78 bits per heavy atom. The van der Waals surface area contributed by atoms with Gasteiger partial charge in [0.15, 0.2) is 11.5 Å². The highest BCUT2D eigenvalue weighted by Gasteiger charge is 2.48. The van der Waals surface area contributed by atoms with Gasteiger partial charge in [-0.2, -0.15) is 0 Å². The molecule has 1 aromatic carbocycles. The van der Waals surface area contributed by atoms with E-state index >= 15 is 0 Å². The average Bonchev–Trinajstić information content (AvgIpc) is 2.60. The molecule has 0 radical (unpaired) electrons. The molecule has 1 aliphatic carbocycles. The number of methoxy groups -OCH3 is 3. The second kappa shape index (κ2) is 6.40. The molecule has 126 valence electrons. The number of likely N-dealkylation sites (tertiary alicyclic amines) is 1. The van der Waals surface area contributed by atoms with Crippen LogP contribution in [-0.4, -0.2) is 51.3 Å². The first kappa shape index (κ1) is 16.1. The molecular weight excluding hydrogens is 294 g/mol. The zero-order valence-electron chi connectivity index (χ0n) is 14.1. The van der Waals surface area contributed by atoms with Crippen LogP contribution in [0, 0.1) is 5.41 Å². The summed E-state index contributed by atoms with van der Waals surface area (Å²) in [5.41, 5.74) is 0.957. The molecule has 0 N–H and O–H groups in total. The van der Waals surface area contributed by atoms with E-state index in [1.807, 2.05) is 4.90 Å². The Morgan fingerprint density at radius 1 is 1.09 bits per heavy atom. The molecule has 1 aromatic rings. The van der Waals surface area contributed by atoms with Crippen LogP contribution in [0.3, 0.4) is 0 Å². The van der Waals surface area contributed by atoms with Crippen LogP contribution in [0.5, 0.6) is 11.5 Å². The van der Waals surface area contributed by atoms with E-state index < -0.39 is 0 Å². The van der Waals surface area contributed by atoms with E-state index in [0.29, 0.717) is 28.6 Å². The van der Waals surface area contributed by atoms with E-state index in [1.165, 1.54) is 6.42 Å². The van der Waals surface area contributed by atoms with E-state index in [0.717, 1.165) is 32.4 Å². The topological polar surface area (TPSA) is 48.0 Å². The van der Waals surface area contributed by atoms with Crippen LogP contribution >= 0.6 is 0 Å². The van der Waals surface area contributed by atoms with Gasteiger partial charge in [0.2, 0.25) is 0 Å². The number of amides is 1. The van der Waals surface area contributed by atoms with Crippen molar-refractivity contribution >= 4 is 5.91 Å². The van der Waals surface area contributed by atoms with E-state index in [1.54, 1.807) is 39.5 Å². The Labute approximate surface area is 137 Å². The van der Waals surface area contributed by atoms with Gasteiger partial charge in [0.1, 0.15) is 0 Å². The second-order valence-electron chi connectivity index (χ2n) is 6.49. The quantitative estimate of drug-likeness (QED) is 0.856. The Morgan fingerprint density at radius 3 is 2.30 bits per heavy atom. The Kier molecular flexibility index (Phi) is 4.48. The van der Waals surface area contributed by atoms with Crippen molar-refractivity contribution in [2.45, 2.75) is 31.8 Å². The number of hydrogen-bond acceptors (Lipinski definition) is 4. The molecule has 2 aliphatic rings. The number of ether oxygens (including phenoxy) is 3. The minimum atomic E-state index is 0.0640. The Balaban J connectivity index is 1.68. The van der Waals surface area contributed by atoms with Gasteiger partial charge in [-0.1, -0.05) is 0 Å². The van der Waals surface area contributed by atoms with Gasteiger partial charge in [0, 0.05) is 31.2 Å². The van der Waals surface area contributed by atoms with Crippen molar-refractivity contribution in [2.24, 2.45) is 5.41 Å². The third-order valence-electron chi connectivity index (χ3n) is 5.55. The first-order valence-electron chi connectivity index (χ1n) is 8.17. The summed E-state index contributed by atoms with van der Waals surface area (Å²) in [7, 11) is 4.97. The Hall–Kier alpha value is -1.75. The highest BCUT2D eigenvalue weighted by molar-refractivity contribution is 5.95. The van der Waals surface area contributed by atoms with Gasteiger partial charge < -0.3 is 19.1 Å². The second-order valence-corrected chi connectivity index (χ2v) is 6.49. The van der Waals surface area contributed by atoms with Crippen molar-refractivity contribution < 1.29 is 19.0 Å². The molecule has 0 bridgehead atoms. The van der Waals surface area contributed by atoms with Crippen molar-refractivity contribution in [1.82, 2.24) is 4.90 Å². The monoisotopic (exact) mass is 319 g/mol. The molecule has 1 aliphatic heterocycles. The minimum absolute atomic E-state index is 0.0640. The van der Waals surface area contributed by atoms with Crippen LogP contribution in [0.1, 0.15) is 36.0 Å². The lowest BCUT2D eigenvalue weighted by molar-refractivity contribution is -0.116. The minimum Gasteiger partial charge on any atom is -0.493 e. The van der Waals surface area contributed by atoms with E-state index in [-0.39, 0.29) is 5.91 Å². The molecule has 5 heteroatoms. The molecule has 1 saturated carbocycles. The van der Waals surface area contributed by atoms with Crippen molar-refractivity contribution in [3.8, 4) is 11.5 Å². The molecule has 5 nitrogen and oxygen atoms in total. The van der Waals surface area contributed by atoms with Crippen LogP contribution < -0.4 is 9.47 Å². The highest BCUT2D eigenvalue weighted by atomic mass is 16.5. The Bertz CT molecular complexity index is 576. The molecule has 3 rings (SSSR count). The highest BCUT2D eigenvalue weighted by Crippen LogP contribution is 2.50. The third-order valence-corrected chi connectivity index (χ3v) is 5.55. The normalized spacial score (nSPS) is 22.6. The first-order valence-corrected chi connectivity index (χ1v) is 8.17. The summed E-state index contributed by atoms with van der Waals surface area (Å²) in [6.45, 7) is 1.60. The lowest BCUT2D eigenvalue weighted by Crippen LogP contribution is -2.53.